The van der Waals surface area contributed by atoms with Gasteiger partial charge in [-0.2, -0.15) is 0 Å². The average molecular weight is 434 g/mol. The molecular weight excluding hydrogens is 408 g/mol. The van der Waals surface area contributed by atoms with Gasteiger partial charge in [-0.25, -0.2) is 9.59 Å². The molecule has 0 radical (unpaired) electrons. The summed E-state index contributed by atoms with van der Waals surface area (Å²) in [5.41, 5.74) is 3.72. The maximum absolute atomic E-state index is 11.7. The second kappa shape index (κ2) is 9.96. The smallest absolute Gasteiger partial charge is 0.352 e. The second-order valence-electron chi connectivity index (χ2n) is 7.13. The number of rotatable bonds is 10. The topological polar surface area (TPSA) is 159 Å². The molecule has 0 spiro atoms. The maximum Gasteiger partial charge on any atom is 0.352 e. The lowest BCUT2D eigenvalue weighted by Crippen LogP contribution is -2.07. The van der Waals surface area contributed by atoms with Gasteiger partial charge in [-0.1, -0.05) is 0 Å². The molecule has 0 aliphatic heterocycles. The summed E-state index contributed by atoms with van der Waals surface area (Å²) in [6.07, 6.45) is 0.724. The highest BCUT2D eigenvalue weighted by molar-refractivity contribution is 5.89. The molecule has 0 aliphatic rings. The Morgan fingerprint density at radius 1 is 0.742 bits per heavy atom. The fourth-order valence-electron chi connectivity index (χ4n) is 3.49. The molecule has 168 valence electrons. The third kappa shape index (κ3) is 5.74. The summed E-state index contributed by atoms with van der Waals surface area (Å²) in [7, 11) is 0. The van der Waals surface area contributed by atoms with E-state index in [2.05, 4.69) is 9.97 Å². The van der Waals surface area contributed by atoms with E-state index in [1.165, 1.54) is 13.8 Å². The first-order chi connectivity index (χ1) is 14.5. The Morgan fingerprint density at radius 3 is 1.39 bits per heavy atom. The Bertz CT molecular complexity index is 935. The van der Waals surface area contributed by atoms with Crippen LogP contribution in [-0.2, 0) is 38.3 Å². The van der Waals surface area contributed by atoms with Crippen LogP contribution in [0.15, 0.2) is 0 Å². The molecule has 4 N–H and O–H groups in total. The van der Waals surface area contributed by atoms with Gasteiger partial charge < -0.3 is 29.7 Å². The predicted molar refractivity (Wildman–Crippen MR) is 108 cm³/mol. The highest BCUT2D eigenvalue weighted by Gasteiger charge is 2.23. The molecule has 0 amide bonds. The van der Waals surface area contributed by atoms with Crippen molar-refractivity contribution in [2.24, 2.45) is 0 Å². The third-order valence-corrected chi connectivity index (χ3v) is 5.06. The van der Waals surface area contributed by atoms with Crippen molar-refractivity contribution in [3.8, 4) is 0 Å². The van der Waals surface area contributed by atoms with E-state index >= 15 is 0 Å². The molecule has 0 atom stereocenters. The summed E-state index contributed by atoms with van der Waals surface area (Å²) in [5, 5.41) is 19.1. The lowest BCUT2D eigenvalue weighted by Gasteiger charge is -2.05. The van der Waals surface area contributed by atoms with Crippen molar-refractivity contribution in [2.45, 2.75) is 47.0 Å². The number of ether oxygens (including phenoxy) is 2. The Balaban J connectivity index is 2.34. The van der Waals surface area contributed by atoms with Gasteiger partial charge in [0.2, 0.25) is 0 Å². The van der Waals surface area contributed by atoms with Crippen LogP contribution in [0, 0.1) is 13.8 Å². The normalized spacial score (nSPS) is 10.7. The molecule has 10 nitrogen and oxygen atoms in total. The number of carbonyl (C=O) groups excluding carboxylic acids is 2. The molecule has 2 aromatic heterocycles. The molecule has 2 aromatic rings. The number of esters is 2. The van der Waals surface area contributed by atoms with Crippen LogP contribution < -0.4 is 0 Å². The zero-order chi connectivity index (χ0) is 23.3. The predicted octanol–water partition coefficient (Wildman–Crippen LogP) is 2.16. The summed E-state index contributed by atoms with van der Waals surface area (Å²) in [6.45, 7) is 6.19. The minimum absolute atomic E-state index is 0.0115. The maximum atomic E-state index is 11.7. The lowest BCUT2D eigenvalue weighted by atomic mass is 10.0. The van der Waals surface area contributed by atoms with Gasteiger partial charge in [0, 0.05) is 44.5 Å². The van der Waals surface area contributed by atoms with Crippen molar-refractivity contribution in [1.82, 2.24) is 9.97 Å². The molecule has 0 saturated heterocycles. The van der Waals surface area contributed by atoms with Gasteiger partial charge >= 0.3 is 23.9 Å². The van der Waals surface area contributed by atoms with Gasteiger partial charge in [0.15, 0.2) is 0 Å². The van der Waals surface area contributed by atoms with Crippen LogP contribution in [0.25, 0.3) is 0 Å². The fraction of sp³-hybridized carbons (Fsp3) is 0.429. The molecule has 0 saturated carbocycles. The van der Waals surface area contributed by atoms with Crippen LogP contribution in [0.1, 0.15) is 68.5 Å². The van der Waals surface area contributed by atoms with E-state index in [-0.39, 0.29) is 43.9 Å². The van der Waals surface area contributed by atoms with Crippen LogP contribution in [0.3, 0.4) is 0 Å². The van der Waals surface area contributed by atoms with Gasteiger partial charge in [-0.05, 0) is 36.1 Å². The molecule has 0 bridgehead atoms. The molecule has 0 aliphatic carbocycles. The number of carbonyl (C=O) groups is 4. The summed E-state index contributed by atoms with van der Waals surface area (Å²) < 4.78 is 9.86. The molecule has 10 heteroatoms. The van der Waals surface area contributed by atoms with E-state index in [9.17, 15) is 29.4 Å². The molecule has 2 heterocycles. The number of hydrogen-bond acceptors (Lipinski definition) is 6. The molecule has 0 fully saturated rings. The number of aromatic amines is 2. The van der Waals surface area contributed by atoms with Crippen molar-refractivity contribution in [2.75, 3.05) is 13.2 Å². The number of carboxylic acid groups (broad SMARTS) is 2. The third-order valence-electron chi connectivity index (χ3n) is 5.06. The Hall–Kier alpha value is -3.56. The van der Waals surface area contributed by atoms with Crippen molar-refractivity contribution in [3.63, 3.8) is 0 Å². The largest absolute Gasteiger partial charge is 0.477 e. The summed E-state index contributed by atoms with van der Waals surface area (Å²) >= 11 is 0. The number of hydrogen-bond donors (Lipinski definition) is 4. The van der Waals surface area contributed by atoms with Crippen molar-refractivity contribution in [1.29, 1.82) is 0 Å². The molecular formula is C21H26N2O8. The van der Waals surface area contributed by atoms with Crippen LogP contribution in [0.5, 0.6) is 0 Å². The van der Waals surface area contributed by atoms with Crippen molar-refractivity contribution < 1.29 is 38.9 Å². The van der Waals surface area contributed by atoms with E-state index in [4.69, 9.17) is 9.47 Å². The first-order valence-corrected chi connectivity index (χ1v) is 9.66. The average Bonchev–Trinajstić information content (AvgIpc) is 3.14. The molecule has 0 unspecified atom stereocenters. The Kier molecular flexibility index (Phi) is 7.62. The van der Waals surface area contributed by atoms with Crippen molar-refractivity contribution >= 4 is 23.9 Å². The van der Waals surface area contributed by atoms with Gasteiger partial charge in [-0.3, -0.25) is 9.59 Å². The number of aromatic nitrogens is 2. The van der Waals surface area contributed by atoms with Crippen LogP contribution in [0.2, 0.25) is 0 Å². The Morgan fingerprint density at radius 2 is 1.10 bits per heavy atom. The highest BCUT2D eigenvalue weighted by atomic mass is 16.5. The second-order valence-corrected chi connectivity index (χ2v) is 7.13. The van der Waals surface area contributed by atoms with Crippen LogP contribution in [0.4, 0.5) is 0 Å². The number of nitrogens with one attached hydrogen (secondary N) is 2. The minimum Gasteiger partial charge on any atom is -0.477 e. The molecule has 0 aromatic carbocycles. The monoisotopic (exact) mass is 434 g/mol. The first kappa shape index (κ1) is 23.7. The van der Waals surface area contributed by atoms with Gasteiger partial charge in [-0.15, -0.1) is 0 Å². The SMILES string of the molecule is CC(=O)OCCc1c(C(=O)O)[nH]c(Cc2[nH]c(C(=O)O)c(CCOC(C)=O)c2C)c1C. The van der Waals surface area contributed by atoms with E-state index in [0.717, 1.165) is 0 Å². The van der Waals surface area contributed by atoms with Crippen LogP contribution in [-0.4, -0.2) is 57.3 Å². The van der Waals surface area contributed by atoms with E-state index in [0.29, 0.717) is 33.6 Å². The van der Waals surface area contributed by atoms with Crippen LogP contribution >= 0.6 is 0 Å². The minimum atomic E-state index is -1.14. The molecule has 2 rings (SSSR count). The number of carboxylic acids is 2. The van der Waals surface area contributed by atoms with Crippen molar-refractivity contribution in [3.05, 3.63) is 45.0 Å². The zero-order valence-electron chi connectivity index (χ0n) is 17.9. The van der Waals surface area contributed by atoms with E-state index < -0.39 is 23.9 Å². The highest BCUT2D eigenvalue weighted by Crippen LogP contribution is 2.26. The quantitative estimate of drug-likeness (QED) is 0.414. The van der Waals surface area contributed by atoms with E-state index in [1.54, 1.807) is 13.8 Å². The summed E-state index contributed by atoms with van der Waals surface area (Å²) in [5.74, 6) is -3.17. The van der Waals surface area contributed by atoms with E-state index in [1.807, 2.05) is 0 Å². The van der Waals surface area contributed by atoms with Gasteiger partial charge in [0.25, 0.3) is 0 Å². The van der Waals surface area contributed by atoms with Gasteiger partial charge in [0.05, 0.1) is 13.2 Å². The standard InChI is InChI=1S/C21H26N2O8/c1-10-14(5-7-30-12(3)24)18(20(26)27)22-16(10)9-17-11(2)15(6-8-31-13(4)25)19(23-17)21(28)29/h22-23H,5-9H2,1-4H3,(H,26,27)(H,28,29). The summed E-state index contributed by atoms with van der Waals surface area (Å²) in [4.78, 5) is 51.1. The Labute approximate surface area is 178 Å². The van der Waals surface area contributed by atoms with Gasteiger partial charge in [0.1, 0.15) is 11.4 Å². The number of H-pyrrole nitrogens is 2. The number of aromatic carboxylic acids is 2. The molecule has 31 heavy (non-hydrogen) atoms. The summed E-state index contributed by atoms with van der Waals surface area (Å²) in [6, 6.07) is 0. The fourth-order valence-corrected chi connectivity index (χ4v) is 3.49. The first-order valence-electron chi connectivity index (χ1n) is 9.66. The lowest BCUT2D eigenvalue weighted by molar-refractivity contribution is -0.141. The zero-order valence-corrected chi connectivity index (χ0v) is 17.9.